The third kappa shape index (κ3) is 5.13. The minimum absolute atomic E-state index is 0.0201. The quantitative estimate of drug-likeness (QED) is 0.883. The lowest BCUT2D eigenvalue weighted by molar-refractivity contribution is -0.120. The molecule has 5 nitrogen and oxygen atoms in total. The van der Waals surface area contributed by atoms with E-state index in [1.165, 1.54) is 10.6 Å². The average Bonchev–Trinajstić information content (AvgIpc) is 2.46. The molecule has 2 rings (SSSR count). The van der Waals surface area contributed by atoms with E-state index in [2.05, 4.69) is 5.32 Å². The molecule has 0 bridgehead atoms. The van der Waals surface area contributed by atoms with Crippen LogP contribution in [-0.4, -0.2) is 44.5 Å². The van der Waals surface area contributed by atoms with E-state index in [9.17, 15) is 13.2 Å². The van der Waals surface area contributed by atoms with Gasteiger partial charge in [0.05, 0.1) is 12.7 Å². The molecule has 6 heteroatoms. The normalized spacial score (nSPS) is 17.6. The smallest absolute Gasteiger partial charge is 0.224 e. The number of hydrogen-bond acceptors (Lipinski definition) is 3. The molecule has 1 aromatic rings. The number of nitrogens with zero attached hydrogens (tertiary/aromatic N) is 1. The van der Waals surface area contributed by atoms with Crippen LogP contribution in [0.3, 0.4) is 0 Å². The van der Waals surface area contributed by atoms with Crippen molar-refractivity contribution in [2.24, 2.45) is 5.92 Å². The fourth-order valence-electron chi connectivity index (χ4n) is 2.55. The number of sulfonamides is 1. The van der Waals surface area contributed by atoms with Gasteiger partial charge in [-0.25, -0.2) is 12.7 Å². The predicted octanol–water partition coefficient (Wildman–Crippen LogP) is 1.02. The first-order valence-corrected chi connectivity index (χ1v) is 9.06. The van der Waals surface area contributed by atoms with Crippen LogP contribution in [-0.2, 0) is 21.2 Å². The number of carbonyl (C=O) groups excluding carboxylic acids is 1. The van der Waals surface area contributed by atoms with E-state index >= 15 is 0 Å². The highest BCUT2D eigenvalue weighted by atomic mass is 32.2. The monoisotopic (exact) mass is 310 g/mol. The van der Waals surface area contributed by atoms with Crippen molar-refractivity contribution in [2.75, 3.05) is 25.9 Å². The molecule has 1 heterocycles. The summed E-state index contributed by atoms with van der Waals surface area (Å²) in [6, 6.07) is 9.64. The minimum Gasteiger partial charge on any atom is -0.356 e. The lowest BCUT2D eigenvalue weighted by atomic mass is 9.98. The Bertz CT molecular complexity index is 564. The molecule has 0 radical (unpaired) electrons. The van der Waals surface area contributed by atoms with Crippen molar-refractivity contribution in [1.82, 2.24) is 9.62 Å². The summed E-state index contributed by atoms with van der Waals surface area (Å²) in [5, 5.41) is 2.95. The molecule has 0 unspecified atom stereocenters. The van der Waals surface area contributed by atoms with Gasteiger partial charge in [0.25, 0.3) is 0 Å². The number of amides is 1. The zero-order valence-electron chi connectivity index (χ0n) is 12.3. The van der Waals surface area contributed by atoms with Crippen LogP contribution in [0.4, 0.5) is 0 Å². The number of piperidine rings is 1. The Kier molecular flexibility index (Phi) is 5.36. The Morgan fingerprint density at radius 2 is 1.86 bits per heavy atom. The molecule has 1 N–H and O–H groups in total. The minimum atomic E-state index is -3.08. The van der Waals surface area contributed by atoms with Gasteiger partial charge in [0, 0.05) is 19.6 Å². The summed E-state index contributed by atoms with van der Waals surface area (Å²) in [6.07, 6.45) is 3.25. The first-order chi connectivity index (χ1) is 9.95. The van der Waals surface area contributed by atoms with Crippen LogP contribution in [0.1, 0.15) is 18.4 Å². The zero-order chi connectivity index (χ0) is 15.3. The molecule has 116 valence electrons. The summed E-state index contributed by atoms with van der Waals surface area (Å²) in [6.45, 7) is 1.74. The molecule has 0 aliphatic carbocycles. The van der Waals surface area contributed by atoms with Crippen LogP contribution in [0.15, 0.2) is 30.3 Å². The first kappa shape index (κ1) is 16.0. The number of carbonyl (C=O) groups is 1. The summed E-state index contributed by atoms with van der Waals surface area (Å²) in [4.78, 5) is 11.9. The summed E-state index contributed by atoms with van der Waals surface area (Å²) in [5.41, 5.74) is 1.00. The van der Waals surface area contributed by atoms with Crippen LogP contribution in [0.5, 0.6) is 0 Å². The highest BCUT2D eigenvalue weighted by Gasteiger charge is 2.24. The fraction of sp³-hybridized carbons (Fsp3) is 0.533. The predicted molar refractivity (Wildman–Crippen MR) is 82.3 cm³/mol. The van der Waals surface area contributed by atoms with Gasteiger partial charge in [0.1, 0.15) is 0 Å². The van der Waals surface area contributed by atoms with Gasteiger partial charge in [-0.2, -0.15) is 0 Å². The van der Waals surface area contributed by atoms with Crippen LogP contribution in [0.25, 0.3) is 0 Å². The lowest BCUT2D eigenvalue weighted by Crippen LogP contribution is -2.41. The molecular formula is C15H22N2O3S. The van der Waals surface area contributed by atoms with Gasteiger partial charge in [0.15, 0.2) is 0 Å². The Morgan fingerprint density at radius 3 is 2.43 bits per heavy atom. The van der Waals surface area contributed by atoms with Gasteiger partial charge in [-0.3, -0.25) is 4.79 Å². The van der Waals surface area contributed by atoms with Crippen molar-refractivity contribution in [3.8, 4) is 0 Å². The van der Waals surface area contributed by atoms with Gasteiger partial charge in [-0.15, -0.1) is 0 Å². The molecule has 1 aliphatic rings. The van der Waals surface area contributed by atoms with Crippen molar-refractivity contribution < 1.29 is 13.2 Å². The second-order valence-electron chi connectivity index (χ2n) is 5.57. The van der Waals surface area contributed by atoms with E-state index in [-0.39, 0.29) is 5.91 Å². The van der Waals surface area contributed by atoms with Crippen LogP contribution >= 0.6 is 0 Å². The van der Waals surface area contributed by atoms with Crippen molar-refractivity contribution >= 4 is 15.9 Å². The molecule has 0 saturated carbocycles. The molecule has 1 fully saturated rings. The largest absolute Gasteiger partial charge is 0.356 e. The zero-order valence-corrected chi connectivity index (χ0v) is 13.1. The Balaban J connectivity index is 1.71. The maximum atomic E-state index is 11.9. The van der Waals surface area contributed by atoms with E-state index in [0.29, 0.717) is 32.0 Å². The highest BCUT2D eigenvalue weighted by Crippen LogP contribution is 2.18. The molecule has 0 spiro atoms. The van der Waals surface area contributed by atoms with E-state index in [4.69, 9.17) is 0 Å². The molecule has 0 atom stereocenters. The average molecular weight is 310 g/mol. The van der Waals surface area contributed by atoms with E-state index in [1.807, 2.05) is 30.3 Å². The Labute approximate surface area is 126 Å². The first-order valence-electron chi connectivity index (χ1n) is 7.21. The SMILES string of the molecule is CS(=O)(=O)N1CCC(CNC(=O)Cc2ccccc2)CC1. The van der Waals surface area contributed by atoms with Crippen molar-refractivity contribution in [3.63, 3.8) is 0 Å². The third-order valence-electron chi connectivity index (χ3n) is 3.84. The van der Waals surface area contributed by atoms with Crippen molar-refractivity contribution in [2.45, 2.75) is 19.3 Å². The molecule has 1 aromatic carbocycles. The standard InChI is InChI=1S/C15H22N2O3S/c1-21(19,20)17-9-7-14(8-10-17)12-16-15(18)11-13-5-3-2-4-6-13/h2-6,14H,7-12H2,1H3,(H,16,18). The molecule has 1 aliphatic heterocycles. The van der Waals surface area contributed by atoms with Crippen LogP contribution in [0, 0.1) is 5.92 Å². The maximum absolute atomic E-state index is 11.9. The van der Waals surface area contributed by atoms with E-state index in [0.717, 1.165) is 18.4 Å². The van der Waals surface area contributed by atoms with E-state index < -0.39 is 10.0 Å². The summed E-state index contributed by atoms with van der Waals surface area (Å²) in [5.74, 6) is 0.384. The lowest BCUT2D eigenvalue weighted by Gasteiger charge is -2.30. The van der Waals surface area contributed by atoms with Crippen LogP contribution in [0.2, 0.25) is 0 Å². The second kappa shape index (κ2) is 7.04. The number of nitrogens with one attached hydrogen (secondary N) is 1. The third-order valence-corrected chi connectivity index (χ3v) is 5.14. The topological polar surface area (TPSA) is 66.5 Å². The number of benzene rings is 1. The number of hydrogen-bond donors (Lipinski definition) is 1. The summed E-state index contributed by atoms with van der Waals surface area (Å²) >= 11 is 0. The van der Waals surface area contributed by atoms with Gasteiger partial charge >= 0.3 is 0 Å². The van der Waals surface area contributed by atoms with Gasteiger partial charge in [0.2, 0.25) is 15.9 Å². The highest BCUT2D eigenvalue weighted by molar-refractivity contribution is 7.88. The fourth-order valence-corrected chi connectivity index (χ4v) is 3.42. The van der Waals surface area contributed by atoms with Gasteiger partial charge in [-0.1, -0.05) is 30.3 Å². The molecule has 21 heavy (non-hydrogen) atoms. The molecule has 0 aromatic heterocycles. The van der Waals surface area contributed by atoms with E-state index in [1.54, 1.807) is 0 Å². The maximum Gasteiger partial charge on any atom is 0.224 e. The molecule has 1 amide bonds. The second-order valence-corrected chi connectivity index (χ2v) is 7.55. The molecule has 1 saturated heterocycles. The van der Waals surface area contributed by atoms with Crippen molar-refractivity contribution in [3.05, 3.63) is 35.9 Å². The van der Waals surface area contributed by atoms with Crippen LogP contribution < -0.4 is 5.32 Å². The van der Waals surface area contributed by atoms with Gasteiger partial charge in [-0.05, 0) is 24.3 Å². The Hall–Kier alpha value is -1.40. The summed E-state index contributed by atoms with van der Waals surface area (Å²) < 4.78 is 24.3. The van der Waals surface area contributed by atoms with Gasteiger partial charge < -0.3 is 5.32 Å². The Morgan fingerprint density at radius 1 is 1.24 bits per heavy atom. The summed E-state index contributed by atoms with van der Waals surface area (Å²) in [7, 11) is -3.08. The number of rotatable bonds is 5. The molecular weight excluding hydrogens is 288 g/mol. The van der Waals surface area contributed by atoms with Crippen molar-refractivity contribution in [1.29, 1.82) is 0 Å².